The van der Waals surface area contributed by atoms with Gasteiger partial charge in [-0.05, 0) is 6.92 Å². The number of rotatable bonds is 6. The van der Waals surface area contributed by atoms with Crippen LogP contribution in [0.1, 0.15) is 11.5 Å². The lowest BCUT2D eigenvalue weighted by atomic mass is 10.1. The predicted octanol–water partition coefficient (Wildman–Crippen LogP) is 2.39. The van der Waals surface area contributed by atoms with Gasteiger partial charge in [-0.1, -0.05) is 29.8 Å². The van der Waals surface area contributed by atoms with Gasteiger partial charge in [0.2, 0.25) is 5.89 Å². The number of aromatic nitrogens is 1. The largest absolute Gasteiger partial charge is 0.439 e. The molecule has 4 heteroatoms. The van der Waals surface area contributed by atoms with Gasteiger partial charge in [-0.25, -0.2) is 4.98 Å². The monoisotopic (exact) mass is 246 g/mol. The van der Waals surface area contributed by atoms with E-state index in [0.717, 1.165) is 17.9 Å². The summed E-state index contributed by atoms with van der Waals surface area (Å²) in [5.74, 6) is 1.50. The predicted molar refractivity (Wildman–Crippen MR) is 70.3 cm³/mol. The second kappa shape index (κ2) is 6.33. The third kappa shape index (κ3) is 3.42. The van der Waals surface area contributed by atoms with Crippen LogP contribution in [0.15, 0.2) is 34.9 Å². The van der Waals surface area contributed by atoms with Crippen molar-refractivity contribution in [1.29, 1.82) is 0 Å². The third-order valence-electron chi connectivity index (χ3n) is 2.65. The first kappa shape index (κ1) is 12.8. The maximum Gasteiger partial charge on any atom is 0.208 e. The van der Waals surface area contributed by atoms with Gasteiger partial charge in [0.25, 0.3) is 0 Å². The molecule has 0 spiro atoms. The first-order chi connectivity index (χ1) is 8.79. The van der Waals surface area contributed by atoms with Crippen molar-refractivity contribution in [2.75, 3.05) is 20.3 Å². The highest BCUT2D eigenvalue weighted by molar-refractivity contribution is 5.56. The molecule has 1 N–H and O–H groups in total. The number of benzene rings is 1. The zero-order chi connectivity index (χ0) is 12.8. The molecule has 1 heterocycles. The second-order valence-electron chi connectivity index (χ2n) is 4.15. The van der Waals surface area contributed by atoms with Crippen molar-refractivity contribution in [3.63, 3.8) is 0 Å². The van der Waals surface area contributed by atoms with Crippen molar-refractivity contribution < 1.29 is 9.15 Å². The fraction of sp³-hybridized carbons (Fsp3) is 0.357. The molecule has 0 aliphatic heterocycles. The minimum atomic E-state index is 0.620. The van der Waals surface area contributed by atoms with Crippen molar-refractivity contribution in [1.82, 2.24) is 10.3 Å². The van der Waals surface area contributed by atoms with E-state index in [0.29, 0.717) is 19.0 Å². The van der Waals surface area contributed by atoms with E-state index in [1.807, 2.05) is 12.1 Å². The lowest BCUT2D eigenvalue weighted by molar-refractivity contribution is 0.198. The Kier molecular flexibility index (Phi) is 4.50. The fourth-order valence-electron chi connectivity index (χ4n) is 1.61. The fourth-order valence-corrected chi connectivity index (χ4v) is 1.61. The van der Waals surface area contributed by atoms with Crippen LogP contribution < -0.4 is 5.32 Å². The van der Waals surface area contributed by atoms with Crippen LogP contribution in [-0.4, -0.2) is 25.2 Å². The molecule has 0 radical (unpaired) electrons. The van der Waals surface area contributed by atoms with E-state index in [4.69, 9.17) is 9.15 Å². The van der Waals surface area contributed by atoms with E-state index in [2.05, 4.69) is 29.4 Å². The molecule has 0 bridgehead atoms. The molecule has 0 aliphatic rings. The van der Waals surface area contributed by atoms with E-state index in [1.165, 1.54) is 5.56 Å². The minimum absolute atomic E-state index is 0.620. The molecule has 0 saturated heterocycles. The molecule has 2 rings (SSSR count). The number of nitrogens with zero attached hydrogens (tertiary/aromatic N) is 1. The van der Waals surface area contributed by atoms with Crippen LogP contribution in [0.3, 0.4) is 0 Å². The van der Waals surface area contributed by atoms with Crippen molar-refractivity contribution in [3.8, 4) is 11.3 Å². The van der Waals surface area contributed by atoms with Crippen molar-refractivity contribution in [2.24, 2.45) is 0 Å². The maximum atomic E-state index is 5.68. The Hall–Kier alpha value is -1.65. The van der Waals surface area contributed by atoms with Crippen LogP contribution in [0, 0.1) is 6.92 Å². The number of nitrogens with one attached hydrogen (secondary N) is 1. The van der Waals surface area contributed by atoms with Gasteiger partial charge in [-0.15, -0.1) is 0 Å². The van der Waals surface area contributed by atoms with Gasteiger partial charge in [0.1, 0.15) is 0 Å². The van der Waals surface area contributed by atoms with Crippen LogP contribution in [0.4, 0.5) is 0 Å². The average Bonchev–Trinajstić information content (AvgIpc) is 2.84. The first-order valence-electron chi connectivity index (χ1n) is 6.01. The third-order valence-corrected chi connectivity index (χ3v) is 2.65. The highest BCUT2D eigenvalue weighted by Crippen LogP contribution is 2.20. The molecule has 0 atom stereocenters. The molecule has 0 unspecified atom stereocenters. The van der Waals surface area contributed by atoms with Gasteiger partial charge >= 0.3 is 0 Å². The lowest BCUT2D eigenvalue weighted by Crippen LogP contribution is -2.18. The normalized spacial score (nSPS) is 10.8. The molecule has 1 aromatic heterocycles. The summed E-state index contributed by atoms with van der Waals surface area (Å²) in [7, 11) is 1.68. The maximum absolute atomic E-state index is 5.68. The molecule has 2 aromatic rings. The van der Waals surface area contributed by atoms with E-state index >= 15 is 0 Å². The Bertz CT molecular complexity index is 477. The van der Waals surface area contributed by atoms with Gasteiger partial charge < -0.3 is 14.5 Å². The van der Waals surface area contributed by atoms with Crippen molar-refractivity contribution in [2.45, 2.75) is 13.5 Å². The quantitative estimate of drug-likeness (QED) is 0.795. The smallest absolute Gasteiger partial charge is 0.208 e. The molecular formula is C14H18N2O2. The van der Waals surface area contributed by atoms with Crippen LogP contribution in [-0.2, 0) is 11.3 Å². The Labute approximate surface area is 107 Å². The van der Waals surface area contributed by atoms with Crippen molar-refractivity contribution in [3.05, 3.63) is 41.9 Å². The highest BCUT2D eigenvalue weighted by atomic mass is 16.5. The standard InChI is InChI=1S/C14H18N2O2/c1-11-3-5-12(6-4-11)13-9-16-14(18-13)10-15-7-8-17-2/h3-6,9,15H,7-8,10H2,1-2H3. The topological polar surface area (TPSA) is 47.3 Å². The van der Waals surface area contributed by atoms with Gasteiger partial charge in [0.15, 0.2) is 5.76 Å². The Morgan fingerprint density at radius 3 is 2.78 bits per heavy atom. The second-order valence-corrected chi connectivity index (χ2v) is 4.15. The van der Waals surface area contributed by atoms with Crippen molar-refractivity contribution >= 4 is 0 Å². The lowest BCUT2D eigenvalue weighted by Gasteiger charge is -2.00. The van der Waals surface area contributed by atoms with Crippen LogP contribution >= 0.6 is 0 Å². The van der Waals surface area contributed by atoms with Crippen LogP contribution in [0.2, 0.25) is 0 Å². The molecule has 0 saturated carbocycles. The van der Waals surface area contributed by atoms with E-state index < -0.39 is 0 Å². The van der Waals surface area contributed by atoms with E-state index in [1.54, 1.807) is 13.3 Å². The first-order valence-corrected chi connectivity index (χ1v) is 6.01. The summed E-state index contributed by atoms with van der Waals surface area (Å²) < 4.78 is 10.6. The molecule has 0 amide bonds. The zero-order valence-electron chi connectivity index (χ0n) is 10.8. The number of oxazole rings is 1. The number of aryl methyl sites for hydroxylation is 1. The van der Waals surface area contributed by atoms with Gasteiger partial charge in [-0.2, -0.15) is 0 Å². The van der Waals surface area contributed by atoms with Gasteiger partial charge in [0.05, 0.1) is 19.3 Å². The summed E-state index contributed by atoms with van der Waals surface area (Å²) in [5.41, 5.74) is 2.29. The summed E-state index contributed by atoms with van der Waals surface area (Å²) in [6.07, 6.45) is 1.76. The number of methoxy groups -OCH3 is 1. The summed E-state index contributed by atoms with van der Waals surface area (Å²) in [6, 6.07) is 8.21. The molecule has 1 aromatic carbocycles. The average molecular weight is 246 g/mol. The van der Waals surface area contributed by atoms with Gasteiger partial charge in [-0.3, -0.25) is 0 Å². The number of hydrogen-bond donors (Lipinski definition) is 1. The molecule has 96 valence electrons. The Morgan fingerprint density at radius 1 is 1.28 bits per heavy atom. The summed E-state index contributed by atoms with van der Waals surface area (Å²) in [6.45, 7) is 4.16. The zero-order valence-corrected chi connectivity index (χ0v) is 10.8. The summed E-state index contributed by atoms with van der Waals surface area (Å²) in [5, 5.41) is 3.20. The SMILES string of the molecule is COCCNCc1ncc(-c2ccc(C)cc2)o1. The molecule has 18 heavy (non-hydrogen) atoms. The van der Waals surface area contributed by atoms with E-state index in [-0.39, 0.29) is 0 Å². The molecular weight excluding hydrogens is 228 g/mol. The Morgan fingerprint density at radius 2 is 2.06 bits per heavy atom. The molecule has 4 nitrogen and oxygen atoms in total. The minimum Gasteiger partial charge on any atom is -0.439 e. The number of ether oxygens (including phenoxy) is 1. The summed E-state index contributed by atoms with van der Waals surface area (Å²) in [4.78, 5) is 4.24. The van der Waals surface area contributed by atoms with E-state index in [9.17, 15) is 0 Å². The highest BCUT2D eigenvalue weighted by Gasteiger charge is 2.05. The molecule has 0 aliphatic carbocycles. The number of hydrogen-bond acceptors (Lipinski definition) is 4. The Balaban J connectivity index is 1.95. The van der Waals surface area contributed by atoms with Crippen LogP contribution in [0.25, 0.3) is 11.3 Å². The van der Waals surface area contributed by atoms with Gasteiger partial charge in [0, 0.05) is 19.2 Å². The summed E-state index contributed by atoms with van der Waals surface area (Å²) >= 11 is 0. The molecule has 0 fully saturated rings. The van der Waals surface area contributed by atoms with Crippen LogP contribution in [0.5, 0.6) is 0 Å².